The molecule has 2 aromatic rings. The highest BCUT2D eigenvalue weighted by Crippen LogP contribution is 2.23. The summed E-state index contributed by atoms with van der Waals surface area (Å²) < 4.78 is 0. The Morgan fingerprint density at radius 3 is 2.52 bits per heavy atom. The van der Waals surface area contributed by atoms with Gasteiger partial charge in [0.2, 0.25) is 0 Å². The van der Waals surface area contributed by atoms with Crippen LogP contribution in [0.4, 0.5) is 0 Å². The topological polar surface area (TPSA) is 42.0 Å². The van der Waals surface area contributed by atoms with Gasteiger partial charge in [0.15, 0.2) is 0 Å². The predicted octanol–water partition coefficient (Wildman–Crippen LogP) is 3.88. The lowest BCUT2D eigenvalue weighted by atomic mass is 9.98. The molecule has 1 N–H and O–H groups in total. The van der Waals surface area contributed by atoms with Gasteiger partial charge in [0, 0.05) is 17.1 Å². The van der Waals surface area contributed by atoms with Gasteiger partial charge in [-0.1, -0.05) is 39.0 Å². The molecule has 0 saturated carbocycles. The molecule has 0 fully saturated rings. The molecule has 112 valence electrons. The molecule has 2 rings (SSSR count). The zero-order valence-electron chi connectivity index (χ0n) is 13.5. The van der Waals surface area contributed by atoms with Crippen LogP contribution in [0.3, 0.4) is 0 Å². The van der Waals surface area contributed by atoms with Crippen molar-refractivity contribution in [2.24, 2.45) is 5.92 Å². The van der Waals surface area contributed by atoms with Crippen molar-refractivity contribution in [2.45, 2.75) is 47.1 Å². The minimum Gasteiger partial charge on any atom is -0.349 e. The quantitative estimate of drug-likeness (QED) is 0.925. The number of fused-ring (bicyclic) bond motifs is 1. The van der Waals surface area contributed by atoms with Crippen LogP contribution in [0, 0.1) is 12.8 Å². The SMILES string of the molecule is CCc1nc2ccccc2c(C(=O)NC(C)C(C)C)c1C. The summed E-state index contributed by atoms with van der Waals surface area (Å²) in [5.41, 5.74) is 3.65. The lowest BCUT2D eigenvalue weighted by Gasteiger charge is -2.20. The van der Waals surface area contributed by atoms with Crippen molar-refractivity contribution < 1.29 is 4.79 Å². The van der Waals surface area contributed by atoms with E-state index in [9.17, 15) is 4.79 Å². The second-order valence-corrected chi connectivity index (χ2v) is 5.94. The van der Waals surface area contributed by atoms with E-state index in [1.165, 1.54) is 0 Å². The minimum atomic E-state index is 0.00185. The molecule has 0 saturated heterocycles. The normalized spacial score (nSPS) is 12.7. The Labute approximate surface area is 126 Å². The van der Waals surface area contributed by atoms with Crippen molar-refractivity contribution in [1.82, 2.24) is 10.3 Å². The van der Waals surface area contributed by atoms with Gasteiger partial charge in [0.25, 0.3) is 5.91 Å². The van der Waals surface area contributed by atoms with E-state index in [1.807, 2.05) is 38.1 Å². The second kappa shape index (κ2) is 6.25. The van der Waals surface area contributed by atoms with Crippen LogP contribution in [0.15, 0.2) is 24.3 Å². The molecule has 0 aliphatic carbocycles. The zero-order valence-corrected chi connectivity index (χ0v) is 13.5. The van der Waals surface area contributed by atoms with Gasteiger partial charge in [0.05, 0.1) is 11.1 Å². The number of aromatic nitrogens is 1. The molecule has 0 bridgehead atoms. The molecular formula is C18H24N2O. The van der Waals surface area contributed by atoms with Crippen LogP contribution < -0.4 is 5.32 Å². The number of carbonyl (C=O) groups is 1. The number of nitrogens with one attached hydrogen (secondary N) is 1. The fraction of sp³-hybridized carbons (Fsp3) is 0.444. The fourth-order valence-electron chi connectivity index (χ4n) is 2.44. The van der Waals surface area contributed by atoms with Crippen LogP contribution in [0.2, 0.25) is 0 Å². The van der Waals surface area contributed by atoms with Crippen molar-refractivity contribution >= 4 is 16.8 Å². The highest BCUT2D eigenvalue weighted by molar-refractivity contribution is 6.07. The average molecular weight is 284 g/mol. The number of hydrogen-bond acceptors (Lipinski definition) is 2. The maximum Gasteiger partial charge on any atom is 0.252 e. The van der Waals surface area contributed by atoms with Gasteiger partial charge in [-0.3, -0.25) is 9.78 Å². The van der Waals surface area contributed by atoms with E-state index in [-0.39, 0.29) is 11.9 Å². The standard InChI is InChI=1S/C18H24N2O/c1-6-15-12(4)17(18(21)19-13(5)11(2)3)14-9-7-8-10-16(14)20-15/h7-11,13H,6H2,1-5H3,(H,19,21). The van der Waals surface area contributed by atoms with Crippen molar-refractivity contribution in [1.29, 1.82) is 0 Å². The second-order valence-electron chi connectivity index (χ2n) is 5.94. The number of amides is 1. The molecule has 1 heterocycles. The number of aryl methyl sites for hydroxylation is 1. The van der Waals surface area contributed by atoms with E-state index < -0.39 is 0 Å². The zero-order chi connectivity index (χ0) is 15.6. The molecule has 3 nitrogen and oxygen atoms in total. The van der Waals surface area contributed by atoms with Gasteiger partial charge in [-0.15, -0.1) is 0 Å². The highest BCUT2D eigenvalue weighted by Gasteiger charge is 2.19. The van der Waals surface area contributed by atoms with Crippen molar-refractivity contribution in [3.05, 3.63) is 41.1 Å². The Morgan fingerprint density at radius 1 is 1.24 bits per heavy atom. The van der Waals surface area contributed by atoms with Crippen molar-refractivity contribution in [3.63, 3.8) is 0 Å². The molecule has 21 heavy (non-hydrogen) atoms. The van der Waals surface area contributed by atoms with Gasteiger partial charge < -0.3 is 5.32 Å². The van der Waals surface area contributed by atoms with Crippen LogP contribution >= 0.6 is 0 Å². The molecule has 0 radical (unpaired) electrons. The number of hydrogen-bond donors (Lipinski definition) is 1. The summed E-state index contributed by atoms with van der Waals surface area (Å²) in [7, 11) is 0. The van der Waals surface area contributed by atoms with Crippen LogP contribution in [0.25, 0.3) is 10.9 Å². The Bertz CT molecular complexity index is 662. The molecule has 0 aliphatic heterocycles. The molecular weight excluding hydrogens is 260 g/mol. The van der Waals surface area contributed by atoms with Crippen molar-refractivity contribution in [2.75, 3.05) is 0 Å². The molecule has 1 aromatic heterocycles. The fourth-order valence-corrected chi connectivity index (χ4v) is 2.44. The summed E-state index contributed by atoms with van der Waals surface area (Å²) in [6.45, 7) is 10.3. The third-order valence-corrected chi connectivity index (χ3v) is 4.16. The van der Waals surface area contributed by atoms with E-state index in [0.717, 1.165) is 34.1 Å². The molecule has 0 spiro atoms. The molecule has 1 amide bonds. The lowest BCUT2D eigenvalue weighted by Crippen LogP contribution is -2.36. The largest absolute Gasteiger partial charge is 0.349 e. The van der Waals surface area contributed by atoms with E-state index in [0.29, 0.717) is 5.92 Å². The summed E-state index contributed by atoms with van der Waals surface area (Å²) in [5, 5.41) is 4.04. The minimum absolute atomic E-state index is 0.00185. The monoisotopic (exact) mass is 284 g/mol. The van der Waals surface area contributed by atoms with Crippen molar-refractivity contribution in [3.8, 4) is 0 Å². The number of pyridine rings is 1. The van der Waals surface area contributed by atoms with Gasteiger partial charge in [-0.2, -0.15) is 0 Å². The van der Waals surface area contributed by atoms with Crippen LogP contribution in [-0.4, -0.2) is 16.9 Å². The molecule has 1 unspecified atom stereocenters. The summed E-state index contributed by atoms with van der Waals surface area (Å²) in [4.78, 5) is 17.4. The van der Waals surface area contributed by atoms with E-state index in [1.54, 1.807) is 0 Å². The van der Waals surface area contributed by atoms with Gasteiger partial charge >= 0.3 is 0 Å². The predicted molar refractivity (Wildman–Crippen MR) is 87.6 cm³/mol. The number of benzene rings is 1. The maximum absolute atomic E-state index is 12.7. The summed E-state index contributed by atoms with van der Waals surface area (Å²) in [6, 6.07) is 8.01. The molecule has 1 atom stereocenters. The first-order chi connectivity index (χ1) is 9.95. The maximum atomic E-state index is 12.7. The lowest BCUT2D eigenvalue weighted by molar-refractivity contribution is 0.0931. The van der Waals surface area contributed by atoms with E-state index in [2.05, 4.69) is 31.1 Å². The van der Waals surface area contributed by atoms with E-state index >= 15 is 0 Å². The van der Waals surface area contributed by atoms with Crippen LogP contribution in [0.1, 0.15) is 49.3 Å². The first kappa shape index (κ1) is 15.5. The Balaban J connectivity index is 2.55. The number of rotatable bonds is 4. The third kappa shape index (κ3) is 3.07. The summed E-state index contributed by atoms with van der Waals surface area (Å²) >= 11 is 0. The van der Waals surface area contributed by atoms with Gasteiger partial charge in [-0.25, -0.2) is 0 Å². The van der Waals surface area contributed by atoms with Gasteiger partial charge in [0.1, 0.15) is 0 Å². The van der Waals surface area contributed by atoms with Crippen LogP contribution in [-0.2, 0) is 6.42 Å². The first-order valence-electron chi connectivity index (χ1n) is 7.64. The summed E-state index contributed by atoms with van der Waals surface area (Å²) in [6.07, 6.45) is 0.830. The highest BCUT2D eigenvalue weighted by atomic mass is 16.1. The van der Waals surface area contributed by atoms with Gasteiger partial charge in [-0.05, 0) is 37.8 Å². The Hall–Kier alpha value is -1.90. The smallest absolute Gasteiger partial charge is 0.252 e. The molecule has 3 heteroatoms. The Kier molecular flexibility index (Phi) is 4.61. The first-order valence-corrected chi connectivity index (χ1v) is 7.64. The number of para-hydroxylation sites is 1. The Morgan fingerprint density at radius 2 is 1.90 bits per heavy atom. The number of carbonyl (C=O) groups excluding carboxylic acids is 1. The third-order valence-electron chi connectivity index (χ3n) is 4.16. The molecule has 1 aromatic carbocycles. The summed E-state index contributed by atoms with van der Waals surface area (Å²) in [5.74, 6) is 0.412. The van der Waals surface area contributed by atoms with Crippen LogP contribution in [0.5, 0.6) is 0 Å². The number of nitrogens with zero attached hydrogens (tertiary/aromatic N) is 1. The molecule has 0 aliphatic rings. The average Bonchev–Trinajstić information content (AvgIpc) is 2.46. The van der Waals surface area contributed by atoms with E-state index in [4.69, 9.17) is 0 Å².